The lowest BCUT2D eigenvalue weighted by atomic mass is 9.74. The molecule has 0 aromatic heterocycles. The molecule has 1 heterocycles. The SMILES string of the molecule is CC1(c2cc(N)cc(C(F)(F)F)c2)CCNCC1. The minimum Gasteiger partial charge on any atom is -0.399 e. The molecule has 0 aliphatic carbocycles. The highest BCUT2D eigenvalue weighted by molar-refractivity contribution is 5.48. The van der Waals surface area contributed by atoms with Crippen molar-refractivity contribution in [1.29, 1.82) is 0 Å². The Hall–Kier alpha value is -1.23. The summed E-state index contributed by atoms with van der Waals surface area (Å²) in [6.45, 7) is 3.65. The minimum absolute atomic E-state index is 0.180. The number of piperidine rings is 1. The molecule has 0 saturated carbocycles. The Bertz CT molecular complexity index is 434. The molecule has 1 saturated heterocycles. The Morgan fingerprint density at radius 3 is 2.33 bits per heavy atom. The van der Waals surface area contributed by atoms with Crippen molar-refractivity contribution < 1.29 is 13.2 Å². The van der Waals surface area contributed by atoms with Crippen molar-refractivity contribution in [2.24, 2.45) is 0 Å². The van der Waals surface area contributed by atoms with Gasteiger partial charge in [0.05, 0.1) is 5.56 Å². The van der Waals surface area contributed by atoms with Crippen LogP contribution in [-0.4, -0.2) is 13.1 Å². The Balaban J connectivity index is 2.41. The van der Waals surface area contributed by atoms with Crippen LogP contribution in [0.25, 0.3) is 0 Å². The lowest BCUT2D eigenvalue weighted by Crippen LogP contribution is -2.37. The van der Waals surface area contributed by atoms with Gasteiger partial charge in [-0.1, -0.05) is 6.92 Å². The molecule has 18 heavy (non-hydrogen) atoms. The van der Waals surface area contributed by atoms with Crippen molar-refractivity contribution in [3.8, 4) is 0 Å². The van der Waals surface area contributed by atoms with Crippen LogP contribution in [0.3, 0.4) is 0 Å². The molecule has 0 radical (unpaired) electrons. The Labute approximate surface area is 104 Å². The summed E-state index contributed by atoms with van der Waals surface area (Å²) in [4.78, 5) is 0. The van der Waals surface area contributed by atoms with Crippen LogP contribution >= 0.6 is 0 Å². The molecule has 1 aliphatic heterocycles. The summed E-state index contributed by atoms with van der Waals surface area (Å²) in [5, 5.41) is 3.22. The first-order valence-electron chi connectivity index (χ1n) is 6.00. The number of alkyl halides is 3. The minimum atomic E-state index is -4.34. The van der Waals surface area contributed by atoms with Crippen LogP contribution in [0.15, 0.2) is 18.2 Å². The molecule has 2 nitrogen and oxygen atoms in total. The highest BCUT2D eigenvalue weighted by Gasteiger charge is 2.34. The third-order valence-corrected chi connectivity index (χ3v) is 3.69. The topological polar surface area (TPSA) is 38.0 Å². The summed E-state index contributed by atoms with van der Waals surface area (Å²) >= 11 is 0. The van der Waals surface area contributed by atoms with Gasteiger partial charge in [0.15, 0.2) is 0 Å². The monoisotopic (exact) mass is 258 g/mol. The number of halogens is 3. The number of nitrogen functional groups attached to an aromatic ring is 1. The van der Waals surface area contributed by atoms with E-state index in [2.05, 4.69) is 5.32 Å². The number of anilines is 1. The second-order valence-electron chi connectivity index (χ2n) is 5.15. The molecule has 1 aromatic rings. The summed E-state index contributed by atoms with van der Waals surface area (Å²) in [5.74, 6) is 0. The van der Waals surface area contributed by atoms with Crippen LogP contribution < -0.4 is 11.1 Å². The fourth-order valence-corrected chi connectivity index (χ4v) is 2.43. The largest absolute Gasteiger partial charge is 0.416 e. The van der Waals surface area contributed by atoms with Crippen LogP contribution in [-0.2, 0) is 11.6 Å². The number of nitrogens with one attached hydrogen (secondary N) is 1. The van der Waals surface area contributed by atoms with Gasteiger partial charge in [-0.25, -0.2) is 0 Å². The predicted molar refractivity (Wildman–Crippen MR) is 65.3 cm³/mol. The maximum absolute atomic E-state index is 12.8. The molecule has 0 unspecified atom stereocenters. The average Bonchev–Trinajstić information content (AvgIpc) is 2.28. The predicted octanol–water partition coefficient (Wildman–Crippen LogP) is 2.93. The van der Waals surface area contributed by atoms with E-state index in [9.17, 15) is 13.2 Å². The van der Waals surface area contributed by atoms with E-state index in [0.29, 0.717) is 5.56 Å². The lowest BCUT2D eigenvalue weighted by Gasteiger charge is -2.35. The molecule has 3 N–H and O–H groups in total. The zero-order valence-corrected chi connectivity index (χ0v) is 10.3. The molecule has 1 aliphatic rings. The van der Waals surface area contributed by atoms with Gasteiger partial charge in [-0.05, 0) is 55.1 Å². The van der Waals surface area contributed by atoms with Gasteiger partial charge in [0.2, 0.25) is 0 Å². The summed E-state index contributed by atoms with van der Waals surface area (Å²) in [5.41, 5.74) is 5.60. The number of hydrogen-bond donors (Lipinski definition) is 2. The van der Waals surface area contributed by atoms with Gasteiger partial charge >= 0.3 is 6.18 Å². The maximum Gasteiger partial charge on any atom is 0.416 e. The zero-order valence-electron chi connectivity index (χ0n) is 10.3. The number of rotatable bonds is 1. The van der Waals surface area contributed by atoms with Crippen LogP contribution in [0.5, 0.6) is 0 Å². The van der Waals surface area contributed by atoms with Crippen molar-refractivity contribution in [2.45, 2.75) is 31.4 Å². The maximum atomic E-state index is 12.8. The van der Waals surface area contributed by atoms with E-state index in [1.807, 2.05) is 6.92 Å². The fourth-order valence-electron chi connectivity index (χ4n) is 2.43. The van der Waals surface area contributed by atoms with Gasteiger partial charge in [0, 0.05) is 5.69 Å². The third kappa shape index (κ3) is 2.61. The number of nitrogens with two attached hydrogens (primary N) is 1. The molecule has 100 valence electrons. The average molecular weight is 258 g/mol. The second-order valence-corrected chi connectivity index (χ2v) is 5.15. The lowest BCUT2D eigenvalue weighted by molar-refractivity contribution is -0.137. The molecule has 2 rings (SSSR count). The van der Waals surface area contributed by atoms with Gasteiger partial charge < -0.3 is 11.1 Å². The number of benzene rings is 1. The second kappa shape index (κ2) is 4.46. The Morgan fingerprint density at radius 1 is 1.17 bits per heavy atom. The van der Waals surface area contributed by atoms with Crippen LogP contribution in [0.4, 0.5) is 18.9 Å². The normalized spacial score (nSPS) is 19.8. The summed E-state index contributed by atoms with van der Waals surface area (Å²) in [6.07, 6.45) is -2.69. The molecule has 0 spiro atoms. The van der Waals surface area contributed by atoms with E-state index in [0.717, 1.165) is 32.0 Å². The van der Waals surface area contributed by atoms with E-state index in [1.165, 1.54) is 6.07 Å². The zero-order chi connectivity index (χ0) is 13.4. The molecular weight excluding hydrogens is 241 g/mol. The first kappa shape index (κ1) is 13.2. The first-order valence-corrected chi connectivity index (χ1v) is 6.00. The standard InChI is InChI=1S/C13H17F3N2/c1-12(2-4-18-5-3-12)9-6-10(13(14,15)16)8-11(17)7-9/h6-8,18H,2-5,17H2,1H3. The first-order chi connectivity index (χ1) is 8.31. The van der Waals surface area contributed by atoms with Gasteiger partial charge in [-0.3, -0.25) is 0 Å². The highest BCUT2D eigenvalue weighted by atomic mass is 19.4. The van der Waals surface area contributed by atoms with Crippen molar-refractivity contribution >= 4 is 5.69 Å². The van der Waals surface area contributed by atoms with E-state index >= 15 is 0 Å². The molecule has 5 heteroatoms. The van der Waals surface area contributed by atoms with E-state index in [4.69, 9.17) is 5.73 Å². The van der Waals surface area contributed by atoms with Crippen LogP contribution in [0, 0.1) is 0 Å². The van der Waals surface area contributed by atoms with E-state index < -0.39 is 11.7 Å². The van der Waals surface area contributed by atoms with Gasteiger partial charge in [-0.15, -0.1) is 0 Å². The van der Waals surface area contributed by atoms with Crippen molar-refractivity contribution in [3.05, 3.63) is 29.3 Å². The van der Waals surface area contributed by atoms with Crippen molar-refractivity contribution in [2.75, 3.05) is 18.8 Å². The summed E-state index contributed by atoms with van der Waals surface area (Å²) < 4.78 is 38.3. The van der Waals surface area contributed by atoms with Crippen molar-refractivity contribution in [3.63, 3.8) is 0 Å². The molecule has 0 amide bonds. The smallest absolute Gasteiger partial charge is 0.399 e. The van der Waals surface area contributed by atoms with Gasteiger partial charge in [-0.2, -0.15) is 13.2 Å². The van der Waals surface area contributed by atoms with Crippen LogP contribution in [0.2, 0.25) is 0 Å². The van der Waals surface area contributed by atoms with E-state index in [-0.39, 0.29) is 11.1 Å². The van der Waals surface area contributed by atoms with Crippen LogP contribution in [0.1, 0.15) is 30.9 Å². The molecular formula is C13H17F3N2. The summed E-state index contributed by atoms with van der Waals surface area (Å²) in [6, 6.07) is 3.90. The molecule has 0 atom stereocenters. The quantitative estimate of drug-likeness (QED) is 0.760. The van der Waals surface area contributed by atoms with Crippen molar-refractivity contribution in [1.82, 2.24) is 5.32 Å². The molecule has 1 fully saturated rings. The van der Waals surface area contributed by atoms with Gasteiger partial charge in [0.1, 0.15) is 0 Å². The van der Waals surface area contributed by atoms with E-state index in [1.54, 1.807) is 6.07 Å². The fraction of sp³-hybridized carbons (Fsp3) is 0.538. The third-order valence-electron chi connectivity index (χ3n) is 3.69. The molecule has 1 aromatic carbocycles. The van der Waals surface area contributed by atoms with Gasteiger partial charge in [0.25, 0.3) is 0 Å². The summed E-state index contributed by atoms with van der Waals surface area (Å²) in [7, 11) is 0. The highest BCUT2D eigenvalue weighted by Crippen LogP contribution is 2.38. The Morgan fingerprint density at radius 2 is 1.78 bits per heavy atom. The molecule has 0 bridgehead atoms. The Kier molecular flexibility index (Phi) is 3.27. The number of hydrogen-bond acceptors (Lipinski definition) is 2.